The average Bonchev–Trinajstić information content (AvgIpc) is 2.28. The third-order valence-electron chi connectivity index (χ3n) is 3.64. The second-order valence-electron chi connectivity index (χ2n) is 5.17. The summed E-state index contributed by atoms with van der Waals surface area (Å²) in [6, 6.07) is 0. The van der Waals surface area contributed by atoms with Crippen LogP contribution in [0.2, 0.25) is 0 Å². The van der Waals surface area contributed by atoms with E-state index < -0.39 is 0 Å². The van der Waals surface area contributed by atoms with Gasteiger partial charge in [-0.25, -0.2) is 0 Å². The lowest BCUT2D eigenvalue weighted by Gasteiger charge is -2.33. The predicted molar refractivity (Wildman–Crippen MR) is 63.3 cm³/mol. The molecule has 1 unspecified atom stereocenters. The van der Waals surface area contributed by atoms with Gasteiger partial charge in [0.15, 0.2) is 0 Å². The molecule has 0 spiro atoms. The summed E-state index contributed by atoms with van der Waals surface area (Å²) >= 11 is 0. The lowest BCUT2D eigenvalue weighted by Crippen LogP contribution is -2.42. The number of β-amino-alcohol motifs (C(OH)–C–C–N with tert-alkyl or cyclic N) is 1. The Balaban J connectivity index is 1.63. The Morgan fingerprint density at radius 3 is 2.62 bits per heavy atom. The normalized spacial score (nSPS) is 30.8. The fraction of sp³-hybridized carbons (Fsp3) is 1.00. The molecule has 1 N–H and O–H groups in total. The number of aliphatic hydroxyl groups is 1. The number of aliphatic hydroxyl groups excluding tert-OH is 1. The van der Waals surface area contributed by atoms with Crippen LogP contribution in [0.4, 0.5) is 0 Å². The third kappa shape index (κ3) is 3.70. The number of hydrogen-bond donors (Lipinski definition) is 1. The maximum atomic E-state index is 9.55. The highest BCUT2D eigenvalue weighted by atomic mass is 16.5. The SMILES string of the molecule is CN1CCC(OCN2CCCC(O)C2)CC1. The van der Waals surface area contributed by atoms with Gasteiger partial charge in [0.1, 0.15) is 0 Å². The Morgan fingerprint density at radius 2 is 1.94 bits per heavy atom. The molecule has 0 aromatic heterocycles. The van der Waals surface area contributed by atoms with Crippen LogP contribution in [0.3, 0.4) is 0 Å². The summed E-state index contributed by atoms with van der Waals surface area (Å²) in [5.74, 6) is 0. The molecule has 4 nitrogen and oxygen atoms in total. The highest BCUT2D eigenvalue weighted by Crippen LogP contribution is 2.14. The first-order valence-electron chi connectivity index (χ1n) is 6.44. The molecule has 0 aromatic rings. The molecular weight excluding hydrogens is 204 g/mol. The van der Waals surface area contributed by atoms with E-state index in [-0.39, 0.29) is 6.10 Å². The van der Waals surface area contributed by atoms with E-state index in [0.29, 0.717) is 12.8 Å². The zero-order valence-corrected chi connectivity index (χ0v) is 10.3. The van der Waals surface area contributed by atoms with Gasteiger partial charge < -0.3 is 14.7 Å². The van der Waals surface area contributed by atoms with Crippen molar-refractivity contribution in [2.24, 2.45) is 0 Å². The van der Waals surface area contributed by atoms with Gasteiger partial charge in [-0.15, -0.1) is 0 Å². The van der Waals surface area contributed by atoms with Crippen molar-refractivity contribution in [3.05, 3.63) is 0 Å². The Labute approximate surface area is 98.2 Å². The molecule has 0 bridgehead atoms. The number of nitrogens with zero attached hydrogens (tertiary/aromatic N) is 2. The van der Waals surface area contributed by atoms with E-state index in [1.54, 1.807) is 0 Å². The van der Waals surface area contributed by atoms with E-state index in [4.69, 9.17) is 4.74 Å². The van der Waals surface area contributed by atoms with Gasteiger partial charge in [0.2, 0.25) is 0 Å². The summed E-state index contributed by atoms with van der Waals surface area (Å²) in [5, 5.41) is 9.55. The van der Waals surface area contributed by atoms with Crippen molar-refractivity contribution in [3.8, 4) is 0 Å². The number of rotatable bonds is 3. The molecule has 16 heavy (non-hydrogen) atoms. The standard InChI is InChI=1S/C12H24N2O2/c1-13-7-4-12(5-8-13)16-10-14-6-2-3-11(15)9-14/h11-12,15H,2-10H2,1H3. The number of hydrogen-bond acceptors (Lipinski definition) is 4. The molecule has 0 aliphatic carbocycles. The highest BCUT2D eigenvalue weighted by molar-refractivity contribution is 4.72. The Hall–Kier alpha value is -0.160. The number of likely N-dealkylation sites (tertiary alicyclic amines) is 2. The summed E-state index contributed by atoms with van der Waals surface area (Å²) < 4.78 is 5.91. The zero-order valence-electron chi connectivity index (χ0n) is 10.3. The van der Waals surface area contributed by atoms with Crippen molar-refractivity contribution < 1.29 is 9.84 Å². The maximum Gasteiger partial charge on any atom is 0.0994 e. The summed E-state index contributed by atoms with van der Waals surface area (Å²) in [7, 11) is 2.16. The van der Waals surface area contributed by atoms with Crippen LogP contribution in [0.5, 0.6) is 0 Å². The minimum absolute atomic E-state index is 0.144. The minimum Gasteiger partial charge on any atom is -0.392 e. The first-order valence-corrected chi connectivity index (χ1v) is 6.44. The molecule has 2 saturated heterocycles. The fourth-order valence-corrected chi connectivity index (χ4v) is 2.51. The monoisotopic (exact) mass is 228 g/mol. The second kappa shape index (κ2) is 5.96. The van der Waals surface area contributed by atoms with Crippen LogP contribution >= 0.6 is 0 Å². The van der Waals surface area contributed by atoms with Crippen LogP contribution in [0.15, 0.2) is 0 Å². The maximum absolute atomic E-state index is 9.55. The zero-order chi connectivity index (χ0) is 11.4. The summed E-state index contributed by atoms with van der Waals surface area (Å²) in [6.45, 7) is 4.85. The first kappa shape index (κ1) is 12.3. The largest absolute Gasteiger partial charge is 0.392 e. The van der Waals surface area contributed by atoms with Crippen LogP contribution < -0.4 is 0 Å². The molecule has 94 valence electrons. The van der Waals surface area contributed by atoms with Crippen LogP contribution in [-0.4, -0.2) is 67.1 Å². The smallest absolute Gasteiger partial charge is 0.0994 e. The van der Waals surface area contributed by atoms with Crippen molar-refractivity contribution in [1.29, 1.82) is 0 Å². The lowest BCUT2D eigenvalue weighted by molar-refractivity contribution is -0.0657. The van der Waals surface area contributed by atoms with Crippen molar-refractivity contribution in [2.75, 3.05) is 40.0 Å². The molecule has 2 fully saturated rings. The second-order valence-corrected chi connectivity index (χ2v) is 5.17. The highest BCUT2D eigenvalue weighted by Gasteiger charge is 2.21. The minimum atomic E-state index is -0.144. The number of ether oxygens (including phenoxy) is 1. The topological polar surface area (TPSA) is 35.9 Å². The first-order chi connectivity index (χ1) is 7.74. The van der Waals surface area contributed by atoms with E-state index in [1.165, 1.54) is 0 Å². The van der Waals surface area contributed by atoms with E-state index in [2.05, 4.69) is 16.8 Å². The Morgan fingerprint density at radius 1 is 1.19 bits per heavy atom. The lowest BCUT2D eigenvalue weighted by atomic mass is 10.1. The third-order valence-corrected chi connectivity index (χ3v) is 3.64. The van der Waals surface area contributed by atoms with Crippen molar-refractivity contribution >= 4 is 0 Å². The predicted octanol–water partition coefficient (Wildman–Crippen LogP) is 0.511. The molecule has 2 heterocycles. The van der Waals surface area contributed by atoms with Gasteiger partial charge in [0.25, 0.3) is 0 Å². The summed E-state index contributed by atoms with van der Waals surface area (Å²) in [6.07, 6.45) is 4.62. The molecule has 0 amide bonds. The van der Waals surface area contributed by atoms with Crippen LogP contribution in [0.25, 0.3) is 0 Å². The van der Waals surface area contributed by atoms with Gasteiger partial charge in [0, 0.05) is 26.2 Å². The average molecular weight is 228 g/mol. The van der Waals surface area contributed by atoms with Crippen LogP contribution in [0, 0.1) is 0 Å². The van der Waals surface area contributed by atoms with Crippen LogP contribution in [-0.2, 0) is 4.74 Å². The van der Waals surface area contributed by atoms with Gasteiger partial charge in [-0.05, 0) is 32.7 Å². The molecule has 0 radical (unpaired) electrons. The van der Waals surface area contributed by atoms with Gasteiger partial charge >= 0.3 is 0 Å². The van der Waals surface area contributed by atoms with Gasteiger partial charge in [-0.1, -0.05) is 0 Å². The van der Waals surface area contributed by atoms with Crippen molar-refractivity contribution in [2.45, 2.75) is 37.9 Å². The summed E-state index contributed by atoms with van der Waals surface area (Å²) in [4.78, 5) is 4.58. The van der Waals surface area contributed by atoms with E-state index in [9.17, 15) is 5.11 Å². The van der Waals surface area contributed by atoms with Crippen LogP contribution in [0.1, 0.15) is 25.7 Å². The van der Waals surface area contributed by atoms with Gasteiger partial charge in [-0.2, -0.15) is 0 Å². The van der Waals surface area contributed by atoms with E-state index in [1.807, 2.05) is 0 Å². The molecule has 1 atom stereocenters. The van der Waals surface area contributed by atoms with Gasteiger partial charge in [0.05, 0.1) is 18.9 Å². The molecule has 2 aliphatic rings. The molecular formula is C12H24N2O2. The van der Waals surface area contributed by atoms with E-state index in [0.717, 1.165) is 51.9 Å². The molecule has 0 saturated carbocycles. The van der Waals surface area contributed by atoms with Gasteiger partial charge in [-0.3, -0.25) is 4.90 Å². The summed E-state index contributed by atoms with van der Waals surface area (Å²) in [5.41, 5.74) is 0. The molecule has 4 heteroatoms. The molecule has 2 aliphatic heterocycles. The fourth-order valence-electron chi connectivity index (χ4n) is 2.51. The van der Waals surface area contributed by atoms with E-state index >= 15 is 0 Å². The Kier molecular flexibility index (Phi) is 4.58. The number of piperidine rings is 2. The van der Waals surface area contributed by atoms with Crippen molar-refractivity contribution in [1.82, 2.24) is 9.80 Å². The molecule has 0 aromatic carbocycles. The quantitative estimate of drug-likeness (QED) is 0.763. The van der Waals surface area contributed by atoms with Crippen molar-refractivity contribution in [3.63, 3.8) is 0 Å². The Bertz CT molecular complexity index is 205. The molecule has 2 rings (SSSR count).